The number of amides is 2. The van der Waals surface area contributed by atoms with Crippen LogP contribution in [-0.4, -0.2) is 42.6 Å². The van der Waals surface area contributed by atoms with Crippen molar-refractivity contribution in [2.45, 2.75) is 25.0 Å². The molecule has 2 amide bonds. The summed E-state index contributed by atoms with van der Waals surface area (Å²) < 4.78 is 5.03. The van der Waals surface area contributed by atoms with Crippen molar-refractivity contribution in [1.82, 2.24) is 10.2 Å². The standard InChI is InChI=1S/C24H25N3O3/c1-30-23(28)22-14-20(26-24(29)25-19-11-3-2-4-12-19)16-27(22)15-18-10-7-9-17-8-5-6-13-21(17)18/h2-13,20,22H,14-16H2,1H3,(H2,25,26,29)/t20-,22+/m1/s1. The second-order valence-corrected chi connectivity index (χ2v) is 7.50. The van der Waals surface area contributed by atoms with Crippen molar-refractivity contribution in [1.29, 1.82) is 0 Å². The van der Waals surface area contributed by atoms with Gasteiger partial charge in [-0.1, -0.05) is 60.7 Å². The van der Waals surface area contributed by atoms with Crippen LogP contribution in [0.1, 0.15) is 12.0 Å². The quantitative estimate of drug-likeness (QED) is 0.636. The minimum Gasteiger partial charge on any atom is -0.468 e. The van der Waals surface area contributed by atoms with Gasteiger partial charge in [0.25, 0.3) is 0 Å². The van der Waals surface area contributed by atoms with Gasteiger partial charge in [-0.2, -0.15) is 0 Å². The number of hydrogen-bond donors (Lipinski definition) is 2. The molecule has 1 aliphatic rings. The lowest BCUT2D eigenvalue weighted by Gasteiger charge is -2.23. The predicted octanol–water partition coefficient (Wildman–Crippen LogP) is 3.78. The lowest BCUT2D eigenvalue weighted by molar-refractivity contribution is -0.146. The Balaban J connectivity index is 1.47. The molecule has 3 aromatic rings. The molecule has 1 fully saturated rings. The average Bonchev–Trinajstić information content (AvgIpc) is 3.16. The summed E-state index contributed by atoms with van der Waals surface area (Å²) in [5, 5.41) is 8.16. The van der Waals surface area contributed by atoms with E-state index in [-0.39, 0.29) is 18.0 Å². The molecule has 1 heterocycles. The third kappa shape index (κ3) is 4.44. The number of para-hydroxylation sites is 1. The molecule has 3 aromatic carbocycles. The number of esters is 1. The van der Waals surface area contributed by atoms with E-state index in [4.69, 9.17) is 4.74 Å². The third-order valence-corrected chi connectivity index (χ3v) is 5.50. The maximum atomic E-state index is 12.4. The molecule has 2 atom stereocenters. The number of rotatable bonds is 5. The van der Waals surface area contributed by atoms with Crippen molar-refractivity contribution in [3.05, 3.63) is 78.4 Å². The SMILES string of the molecule is COC(=O)[C@@H]1C[C@@H](NC(=O)Nc2ccccc2)CN1Cc1cccc2ccccc12. The maximum Gasteiger partial charge on any atom is 0.323 e. The Bertz CT molecular complexity index is 1030. The number of carbonyl (C=O) groups is 2. The van der Waals surface area contributed by atoms with Gasteiger partial charge in [0, 0.05) is 24.8 Å². The largest absolute Gasteiger partial charge is 0.468 e. The Morgan fingerprint density at radius 3 is 2.53 bits per heavy atom. The monoisotopic (exact) mass is 403 g/mol. The minimum absolute atomic E-state index is 0.146. The van der Waals surface area contributed by atoms with E-state index < -0.39 is 6.04 Å². The van der Waals surface area contributed by atoms with Crippen molar-refractivity contribution in [2.24, 2.45) is 0 Å². The first-order valence-electron chi connectivity index (χ1n) is 10.0. The molecular formula is C24H25N3O3. The Hall–Kier alpha value is -3.38. The fraction of sp³-hybridized carbons (Fsp3) is 0.250. The summed E-state index contributed by atoms with van der Waals surface area (Å²) in [4.78, 5) is 26.9. The molecule has 6 heteroatoms. The summed E-state index contributed by atoms with van der Waals surface area (Å²) in [6.45, 7) is 1.19. The van der Waals surface area contributed by atoms with Gasteiger partial charge < -0.3 is 15.4 Å². The summed E-state index contributed by atoms with van der Waals surface area (Å²) in [7, 11) is 1.40. The van der Waals surface area contributed by atoms with Gasteiger partial charge in [-0.3, -0.25) is 9.69 Å². The molecule has 2 N–H and O–H groups in total. The predicted molar refractivity (Wildman–Crippen MR) is 117 cm³/mol. The zero-order chi connectivity index (χ0) is 20.9. The van der Waals surface area contributed by atoms with E-state index in [1.54, 1.807) is 0 Å². The van der Waals surface area contributed by atoms with E-state index in [9.17, 15) is 9.59 Å². The number of likely N-dealkylation sites (tertiary alicyclic amines) is 1. The van der Waals surface area contributed by atoms with Crippen LogP contribution in [-0.2, 0) is 16.1 Å². The molecule has 4 rings (SSSR count). The molecule has 6 nitrogen and oxygen atoms in total. The topological polar surface area (TPSA) is 70.7 Å². The first-order valence-corrected chi connectivity index (χ1v) is 10.0. The molecule has 154 valence electrons. The number of methoxy groups -OCH3 is 1. The summed E-state index contributed by atoms with van der Waals surface area (Å²) >= 11 is 0. The van der Waals surface area contributed by atoms with E-state index in [0.717, 1.165) is 11.3 Å². The fourth-order valence-electron chi connectivity index (χ4n) is 4.09. The molecule has 0 spiro atoms. The number of ether oxygens (including phenoxy) is 1. The van der Waals surface area contributed by atoms with Crippen molar-refractivity contribution in [3.8, 4) is 0 Å². The highest BCUT2D eigenvalue weighted by molar-refractivity contribution is 5.89. The molecule has 0 aliphatic carbocycles. The van der Waals surface area contributed by atoms with Crippen molar-refractivity contribution < 1.29 is 14.3 Å². The summed E-state index contributed by atoms with van der Waals surface area (Å²) in [6.07, 6.45) is 0.514. The van der Waals surface area contributed by atoms with E-state index in [2.05, 4.69) is 39.8 Å². The van der Waals surface area contributed by atoms with Gasteiger partial charge in [-0.05, 0) is 34.9 Å². The number of benzene rings is 3. The van der Waals surface area contributed by atoms with Crippen LogP contribution in [0.4, 0.5) is 10.5 Å². The molecule has 0 radical (unpaired) electrons. The van der Waals surface area contributed by atoms with Crippen LogP contribution >= 0.6 is 0 Å². The van der Waals surface area contributed by atoms with Crippen LogP contribution < -0.4 is 10.6 Å². The van der Waals surface area contributed by atoms with Crippen LogP contribution in [0.25, 0.3) is 10.8 Å². The second kappa shape index (κ2) is 8.97. The number of nitrogens with one attached hydrogen (secondary N) is 2. The normalized spacial score (nSPS) is 18.8. The summed E-state index contributed by atoms with van der Waals surface area (Å²) in [5.41, 5.74) is 1.88. The molecule has 0 saturated carbocycles. The Kier molecular flexibility index (Phi) is 5.95. The second-order valence-electron chi connectivity index (χ2n) is 7.50. The highest BCUT2D eigenvalue weighted by atomic mass is 16.5. The number of anilines is 1. The van der Waals surface area contributed by atoms with E-state index in [1.165, 1.54) is 17.9 Å². The van der Waals surface area contributed by atoms with Crippen molar-refractivity contribution >= 4 is 28.5 Å². The lowest BCUT2D eigenvalue weighted by atomic mass is 10.0. The highest BCUT2D eigenvalue weighted by Gasteiger charge is 2.38. The highest BCUT2D eigenvalue weighted by Crippen LogP contribution is 2.26. The number of hydrogen-bond acceptors (Lipinski definition) is 4. The Morgan fingerprint density at radius 2 is 1.73 bits per heavy atom. The maximum absolute atomic E-state index is 12.4. The number of nitrogens with zero attached hydrogens (tertiary/aromatic N) is 1. The molecule has 0 unspecified atom stereocenters. The van der Waals surface area contributed by atoms with E-state index >= 15 is 0 Å². The van der Waals surface area contributed by atoms with Crippen LogP contribution in [0.3, 0.4) is 0 Å². The minimum atomic E-state index is -0.393. The number of carbonyl (C=O) groups excluding carboxylic acids is 2. The molecular weight excluding hydrogens is 378 g/mol. The van der Waals surface area contributed by atoms with Crippen LogP contribution in [0.15, 0.2) is 72.8 Å². The van der Waals surface area contributed by atoms with Crippen LogP contribution in [0.2, 0.25) is 0 Å². The molecule has 1 saturated heterocycles. The smallest absolute Gasteiger partial charge is 0.323 e. The fourth-order valence-corrected chi connectivity index (χ4v) is 4.09. The van der Waals surface area contributed by atoms with E-state index in [0.29, 0.717) is 19.5 Å². The van der Waals surface area contributed by atoms with Gasteiger partial charge in [0.15, 0.2) is 0 Å². The summed E-state index contributed by atoms with van der Waals surface area (Å²) in [5.74, 6) is -0.275. The molecule has 1 aliphatic heterocycles. The zero-order valence-corrected chi connectivity index (χ0v) is 16.9. The summed E-state index contributed by atoms with van der Waals surface area (Å²) in [6, 6.07) is 22.9. The van der Waals surface area contributed by atoms with Gasteiger partial charge in [0.2, 0.25) is 0 Å². The van der Waals surface area contributed by atoms with E-state index in [1.807, 2.05) is 48.5 Å². The van der Waals surface area contributed by atoms with Gasteiger partial charge >= 0.3 is 12.0 Å². The average molecular weight is 403 g/mol. The first-order chi connectivity index (χ1) is 14.6. The zero-order valence-electron chi connectivity index (χ0n) is 16.9. The van der Waals surface area contributed by atoms with Gasteiger partial charge in [-0.15, -0.1) is 0 Å². The van der Waals surface area contributed by atoms with Gasteiger partial charge in [0.05, 0.1) is 7.11 Å². The van der Waals surface area contributed by atoms with Crippen molar-refractivity contribution in [3.63, 3.8) is 0 Å². The molecule has 0 aromatic heterocycles. The number of fused-ring (bicyclic) bond motifs is 1. The van der Waals surface area contributed by atoms with Gasteiger partial charge in [0.1, 0.15) is 6.04 Å². The molecule has 30 heavy (non-hydrogen) atoms. The van der Waals surface area contributed by atoms with Crippen LogP contribution in [0.5, 0.6) is 0 Å². The Morgan fingerprint density at radius 1 is 1.00 bits per heavy atom. The lowest BCUT2D eigenvalue weighted by Crippen LogP contribution is -2.39. The van der Waals surface area contributed by atoms with Gasteiger partial charge in [-0.25, -0.2) is 4.79 Å². The van der Waals surface area contributed by atoms with Crippen LogP contribution in [0, 0.1) is 0 Å². The molecule has 0 bridgehead atoms. The number of urea groups is 1. The van der Waals surface area contributed by atoms with Crippen molar-refractivity contribution in [2.75, 3.05) is 19.0 Å². The Labute approximate surface area is 175 Å². The first kappa shape index (κ1) is 19.9. The third-order valence-electron chi connectivity index (χ3n) is 5.50.